The number of ether oxygens (including phenoxy) is 2. The monoisotopic (exact) mass is 683 g/mol. The molecule has 2 unspecified atom stereocenters. The highest BCUT2D eigenvalue weighted by atomic mass is 19.4. The van der Waals surface area contributed by atoms with Gasteiger partial charge in [-0.3, -0.25) is 9.47 Å². The summed E-state index contributed by atoms with van der Waals surface area (Å²) in [5.74, 6) is -29.3. The van der Waals surface area contributed by atoms with Gasteiger partial charge in [-0.2, -0.15) is 61.5 Å². The van der Waals surface area contributed by atoms with E-state index in [0.29, 0.717) is 39.5 Å². The van der Waals surface area contributed by atoms with Crippen molar-refractivity contribution in [3.63, 3.8) is 0 Å². The van der Waals surface area contributed by atoms with Crippen LogP contribution < -0.4 is 0 Å². The van der Waals surface area contributed by atoms with Crippen LogP contribution in [0.3, 0.4) is 0 Å². The van der Waals surface area contributed by atoms with Crippen LogP contribution in [0.4, 0.5) is 65.9 Å². The molecule has 0 radical (unpaired) electrons. The number of nitrogens with zero attached hydrogens (tertiary/aromatic N) is 1. The zero-order chi connectivity index (χ0) is 36.4. The maximum atomic E-state index is 16.5. The summed E-state index contributed by atoms with van der Waals surface area (Å²) >= 11 is 0. The molecule has 0 rings (SSSR count). The molecule has 0 aliphatic heterocycles. The zero-order valence-corrected chi connectivity index (χ0v) is 26.3. The Balaban J connectivity index is 7.54. The first-order valence-corrected chi connectivity index (χ1v) is 13.0. The van der Waals surface area contributed by atoms with E-state index in [4.69, 9.17) is 0 Å². The van der Waals surface area contributed by atoms with Crippen molar-refractivity contribution in [3.05, 3.63) is 0 Å². The molecule has 266 valence electrons. The van der Waals surface area contributed by atoms with Gasteiger partial charge in [0.25, 0.3) is 5.85 Å². The molecule has 0 fully saturated rings. The standard InChI is InChI=1S/C26H40F15NO2/c1-13-16(5,6)20(29,30)21(31,32)17(7,8)18(9,10)22(33,34)23(35,15(2,3)4)44-26(40,41)24(36,25(37,38)39)43-19(27,28)14-42(11)12/h13-14H2,1-12H3. The lowest BCUT2D eigenvalue weighted by Gasteiger charge is -2.57. The second kappa shape index (κ2) is 11.5. The van der Waals surface area contributed by atoms with Crippen molar-refractivity contribution in [2.45, 2.75) is 124 Å². The molecule has 0 amide bonds. The lowest BCUT2D eigenvalue weighted by atomic mass is 9.55. The first kappa shape index (κ1) is 42.8. The molecule has 0 N–H and O–H groups in total. The summed E-state index contributed by atoms with van der Waals surface area (Å²) in [6, 6.07) is 0. The van der Waals surface area contributed by atoms with Crippen LogP contribution in [-0.2, 0) is 9.47 Å². The third-order valence-corrected chi connectivity index (χ3v) is 8.43. The van der Waals surface area contributed by atoms with Gasteiger partial charge in [-0.1, -0.05) is 69.2 Å². The topological polar surface area (TPSA) is 21.7 Å². The highest BCUT2D eigenvalue weighted by Gasteiger charge is 2.85. The predicted molar refractivity (Wildman–Crippen MR) is 130 cm³/mol. The Morgan fingerprint density at radius 2 is 0.864 bits per heavy atom. The Labute approximate surface area is 246 Å². The summed E-state index contributed by atoms with van der Waals surface area (Å²) in [4.78, 5) is 0.360. The Hall–Kier alpha value is -1.17. The summed E-state index contributed by atoms with van der Waals surface area (Å²) in [5, 5.41) is 0. The number of halogens is 15. The van der Waals surface area contributed by atoms with Gasteiger partial charge in [-0.15, -0.1) is 0 Å². The largest absolute Gasteiger partial charge is 0.458 e. The van der Waals surface area contributed by atoms with Crippen LogP contribution in [0.1, 0.15) is 75.7 Å². The van der Waals surface area contributed by atoms with Gasteiger partial charge in [0.2, 0.25) is 0 Å². The van der Waals surface area contributed by atoms with Gasteiger partial charge >= 0.3 is 42.0 Å². The van der Waals surface area contributed by atoms with Crippen LogP contribution in [0.5, 0.6) is 0 Å². The maximum absolute atomic E-state index is 16.5. The predicted octanol–water partition coefficient (Wildman–Crippen LogP) is 10.1. The van der Waals surface area contributed by atoms with Crippen molar-refractivity contribution in [1.82, 2.24) is 4.90 Å². The number of likely N-dealkylation sites (N-methyl/N-ethyl adjacent to an activating group) is 1. The van der Waals surface area contributed by atoms with Gasteiger partial charge in [0.15, 0.2) is 0 Å². The molecule has 0 bridgehead atoms. The molecule has 0 heterocycles. The van der Waals surface area contributed by atoms with Crippen LogP contribution in [-0.4, -0.2) is 73.4 Å². The molecular weight excluding hydrogens is 643 g/mol. The number of rotatable bonds is 14. The SMILES string of the molecule is CCC(C)(C)C(F)(F)C(F)(F)C(C)(C)C(C)(C)C(F)(F)C(F)(OC(F)(F)C(F)(OC(F)(F)CN(C)C)C(F)(F)F)C(C)(C)C. The van der Waals surface area contributed by atoms with Crippen molar-refractivity contribution in [3.8, 4) is 0 Å². The summed E-state index contributed by atoms with van der Waals surface area (Å²) in [7, 11) is 1.55. The Morgan fingerprint density at radius 3 is 1.16 bits per heavy atom. The average Bonchev–Trinajstić information content (AvgIpc) is 2.74. The van der Waals surface area contributed by atoms with Gasteiger partial charge in [0, 0.05) is 21.7 Å². The highest BCUT2D eigenvalue weighted by Crippen LogP contribution is 2.68. The molecular formula is C26H40F15NO2. The van der Waals surface area contributed by atoms with Crippen molar-refractivity contribution in [2.75, 3.05) is 20.6 Å². The fraction of sp³-hybridized carbons (Fsp3) is 1.00. The number of hydrogen-bond acceptors (Lipinski definition) is 3. The lowest BCUT2D eigenvalue weighted by molar-refractivity contribution is -0.537. The van der Waals surface area contributed by atoms with Crippen molar-refractivity contribution < 1.29 is 75.3 Å². The molecule has 44 heavy (non-hydrogen) atoms. The fourth-order valence-electron chi connectivity index (χ4n) is 4.05. The summed E-state index contributed by atoms with van der Waals surface area (Å²) < 4.78 is 231. The van der Waals surface area contributed by atoms with E-state index in [1.165, 1.54) is 0 Å². The molecule has 18 heteroatoms. The Kier molecular flexibility index (Phi) is 11.2. The van der Waals surface area contributed by atoms with Gasteiger partial charge in [0.05, 0.1) is 6.54 Å². The van der Waals surface area contributed by atoms with Gasteiger partial charge in [-0.05, 0) is 20.5 Å². The van der Waals surface area contributed by atoms with Crippen molar-refractivity contribution in [2.24, 2.45) is 21.7 Å². The quantitative estimate of drug-likeness (QED) is 0.170. The van der Waals surface area contributed by atoms with Crippen LogP contribution in [0.15, 0.2) is 0 Å². The normalized spacial score (nSPS) is 18.8. The third kappa shape index (κ3) is 6.50. The second-order valence-corrected chi connectivity index (χ2v) is 13.7. The smallest absolute Gasteiger partial charge is 0.301 e. The first-order chi connectivity index (χ1) is 18.6. The molecule has 0 aliphatic carbocycles. The number of hydrogen-bond donors (Lipinski definition) is 0. The van der Waals surface area contributed by atoms with E-state index >= 15 is 43.9 Å². The van der Waals surface area contributed by atoms with Gasteiger partial charge < -0.3 is 4.90 Å². The highest BCUT2D eigenvalue weighted by molar-refractivity contribution is 5.15. The van der Waals surface area contributed by atoms with Crippen LogP contribution >= 0.6 is 0 Å². The average molecular weight is 684 g/mol. The maximum Gasteiger partial charge on any atom is 0.458 e. The van der Waals surface area contributed by atoms with Gasteiger partial charge in [0.1, 0.15) is 0 Å². The minimum atomic E-state index is -7.21. The van der Waals surface area contributed by atoms with Crippen molar-refractivity contribution >= 4 is 0 Å². The summed E-state index contributed by atoms with van der Waals surface area (Å²) in [6.45, 7) is 1.58. The van der Waals surface area contributed by atoms with Crippen LogP contribution in [0.25, 0.3) is 0 Å². The summed E-state index contributed by atoms with van der Waals surface area (Å²) in [6.07, 6.45) is -20.4. The molecule has 0 spiro atoms. The van der Waals surface area contributed by atoms with E-state index < -0.39 is 82.5 Å². The van der Waals surface area contributed by atoms with Crippen LogP contribution in [0.2, 0.25) is 0 Å². The first-order valence-electron chi connectivity index (χ1n) is 13.0. The molecule has 0 saturated carbocycles. The molecule has 0 aliphatic rings. The fourth-order valence-corrected chi connectivity index (χ4v) is 4.05. The molecule has 0 aromatic rings. The number of alkyl halides is 15. The molecule has 3 nitrogen and oxygen atoms in total. The van der Waals surface area contributed by atoms with Gasteiger partial charge in [-0.25, -0.2) is 4.39 Å². The Morgan fingerprint density at radius 1 is 0.500 bits per heavy atom. The van der Waals surface area contributed by atoms with E-state index in [1.807, 2.05) is 0 Å². The Bertz CT molecular complexity index is 1000. The minimum absolute atomic E-state index is 0.0334. The summed E-state index contributed by atoms with van der Waals surface area (Å²) in [5.41, 5.74) is -13.6. The second-order valence-electron chi connectivity index (χ2n) is 13.7. The molecule has 0 aromatic heterocycles. The minimum Gasteiger partial charge on any atom is -0.301 e. The molecule has 0 saturated heterocycles. The van der Waals surface area contributed by atoms with E-state index in [0.717, 1.165) is 21.0 Å². The molecule has 0 aromatic carbocycles. The lowest BCUT2D eigenvalue weighted by Crippen LogP contribution is -2.73. The van der Waals surface area contributed by atoms with E-state index in [-0.39, 0.29) is 27.7 Å². The molecule has 2 atom stereocenters. The van der Waals surface area contributed by atoms with E-state index in [2.05, 4.69) is 9.47 Å². The van der Waals surface area contributed by atoms with Crippen molar-refractivity contribution in [1.29, 1.82) is 0 Å². The van der Waals surface area contributed by atoms with Crippen LogP contribution in [0, 0.1) is 21.7 Å². The van der Waals surface area contributed by atoms with E-state index in [9.17, 15) is 22.0 Å². The van der Waals surface area contributed by atoms with E-state index in [1.54, 1.807) is 0 Å². The zero-order valence-electron chi connectivity index (χ0n) is 26.3. The third-order valence-electron chi connectivity index (χ3n) is 8.43.